The molecule has 0 atom stereocenters. The molecule has 4 rings (SSSR count). The zero-order valence-corrected chi connectivity index (χ0v) is 15.9. The first kappa shape index (κ1) is 17.6. The Hall–Kier alpha value is -2.82. The number of nitrogens with one attached hydrogen (secondary N) is 1. The van der Waals surface area contributed by atoms with E-state index in [4.69, 9.17) is 32.9 Å². The van der Waals surface area contributed by atoms with Crippen LogP contribution in [-0.4, -0.2) is 17.1 Å². The first-order valence-corrected chi connectivity index (χ1v) is 9.02. The fourth-order valence-corrected chi connectivity index (χ4v) is 3.19. The number of nitrogens with zero attached hydrogens (tertiary/aromatic N) is 2. The summed E-state index contributed by atoms with van der Waals surface area (Å²) >= 11 is 12.3. The molecular weight excluding hydrogens is 381 g/mol. The fourth-order valence-electron chi connectivity index (χ4n) is 2.82. The van der Waals surface area contributed by atoms with Crippen molar-refractivity contribution >= 4 is 45.5 Å². The van der Waals surface area contributed by atoms with E-state index >= 15 is 0 Å². The number of hydrogen-bond acceptors (Lipinski definition) is 4. The Bertz CT molecular complexity index is 1100. The summed E-state index contributed by atoms with van der Waals surface area (Å²) < 4.78 is 5.35. The topological polar surface area (TPSA) is 47.0 Å². The van der Waals surface area contributed by atoms with Crippen molar-refractivity contribution in [2.75, 3.05) is 12.4 Å². The molecule has 2 aromatic carbocycles. The Morgan fingerprint density at radius 3 is 2.44 bits per heavy atom. The third-order valence-electron chi connectivity index (χ3n) is 4.13. The Morgan fingerprint density at radius 1 is 0.926 bits per heavy atom. The summed E-state index contributed by atoms with van der Waals surface area (Å²) in [6.45, 7) is 0. The number of ether oxygens (including phenoxy) is 1. The molecule has 4 nitrogen and oxygen atoms in total. The van der Waals surface area contributed by atoms with Gasteiger partial charge in [0.15, 0.2) is 0 Å². The van der Waals surface area contributed by atoms with E-state index in [1.165, 1.54) is 0 Å². The van der Waals surface area contributed by atoms with E-state index < -0.39 is 0 Å². The monoisotopic (exact) mass is 395 g/mol. The molecule has 0 bridgehead atoms. The standard InChI is InChI=1S/C21H15Cl2N3O/c1-27-21-12-19-15(10-16(21)23)18(25-14-7-5-13(22)6-8-14)11-20(26-19)17-4-2-3-9-24-17/h2-12H,1H3,(H,25,26). The van der Waals surface area contributed by atoms with Gasteiger partial charge >= 0.3 is 0 Å². The Morgan fingerprint density at radius 2 is 1.74 bits per heavy atom. The smallest absolute Gasteiger partial charge is 0.139 e. The number of rotatable bonds is 4. The van der Waals surface area contributed by atoms with E-state index in [0.717, 1.165) is 33.7 Å². The maximum atomic E-state index is 6.35. The molecule has 0 saturated carbocycles. The molecule has 134 valence electrons. The van der Waals surface area contributed by atoms with Gasteiger partial charge in [-0.2, -0.15) is 0 Å². The average molecular weight is 396 g/mol. The van der Waals surface area contributed by atoms with Crippen molar-refractivity contribution in [2.24, 2.45) is 0 Å². The zero-order valence-electron chi connectivity index (χ0n) is 14.4. The van der Waals surface area contributed by atoms with E-state index in [-0.39, 0.29) is 0 Å². The number of halogens is 2. The maximum Gasteiger partial charge on any atom is 0.139 e. The van der Waals surface area contributed by atoms with Gasteiger partial charge in [-0.25, -0.2) is 4.98 Å². The van der Waals surface area contributed by atoms with Gasteiger partial charge in [-0.05, 0) is 48.5 Å². The number of fused-ring (bicyclic) bond motifs is 1. The summed E-state index contributed by atoms with van der Waals surface area (Å²) in [6.07, 6.45) is 1.75. The number of benzene rings is 2. The van der Waals surface area contributed by atoms with E-state index in [0.29, 0.717) is 15.8 Å². The largest absolute Gasteiger partial charge is 0.495 e. The SMILES string of the molecule is COc1cc2nc(-c3ccccn3)cc(Nc3ccc(Cl)cc3)c2cc1Cl. The van der Waals surface area contributed by atoms with Crippen molar-refractivity contribution in [1.29, 1.82) is 0 Å². The van der Waals surface area contributed by atoms with E-state index in [9.17, 15) is 0 Å². The minimum Gasteiger partial charge on any atom is -0.495 e. The molecule has 0 radical (unpaired) electrons. The normalized spacial score (nSPS) is 10.8. The second kappa shape index (κ2) is 7.43. The van der Waals surface area contributed by atoms with Crippen LogP contribution in [0.25, 0.3) is 22.3 Å². The summed E-state index contributed by atoms with van der Waals surface area (Å²) in [5, 5.41) is 5.51. The van der Waals surface area contributed by atoms with Crippen molar-refractivity contribution < 1.29 is 4.74 Å². The lowest BCUT2D eigenvalue weighted by molar-refractivity contribution is 0.415. The molecule has 0 aliphatic carbocycles. The molecular formula is C21H15Cl2N3O. The summed E-state index contributed by atoms with van der Waals surface area (Å²) in [5.41, 5.74) is 4.07. The van der Waals surface area contributed by atoms with Gasteiger partial charge in [0.1, 0.15) is 5.75 Å². The minimum absolute atomic E-state index is 0.525. The molecule has 0 unspecified atom stereocenters. The summed E-state index contributed by atoms with van der Waals surface area (Å²) in [4.78, 5) is 9.16. The van der Waals surface area contributed by atoms with Crippen LogP contribution in [0.5, 0.6) is 5.75 Å². The number of hydrogen-bond donors (Lipinski definition) is 1. The van der Waals surface area contributed by atoms with Crippen LogP contribution in [0.15, 0.2) is 66.9 Å². The van der Waals surface area contributed by atoms with Crippen LogP contribution in [0.1, 0.15) is 0 Å². The van der Waals surface area contributed by atoms with Gasteiger partial charge in [-0.3, -0.25) is 4.98 Å². The molecule has 2 aromatic heterocycles. The van der Waals surface area contributed by atoms with Gasteiger partial charge in [-0.1, -0.05) is 29.3 Å². The molecule has 4 aromatic rings. The molecule has 0 saturated heterocycles. The van der Waals surface area contributed by atoms with Gasteiger partial charge in [0.05, 0.1) is 34.7 Å². The molecule has 1 N–H and O–H groups in total. The zero-order chi connectivity index (χ0) is 18.8. The van der Waals surface area contributed by atoms with Crippen molar-refractivity contribution in [3.63, 3.8) is 0 Å². The quantitative estimate of drug-likeness (QED) is 0.436. The van der Waals surface area contributed by atoms with E-state index in [2.05, 4.69) is 10.3 Å². The highest BCUT2D eigenvalue weighted by atomic mass is 35.5. The van der Waals surface area contributed by atoms with Crippen LogP contribution in [0.4, 0.5) is 11.4 Å². The second-order valence-corrected chi connectivity index (χ2v) is 6.75. The van der Waals surface area contributed by atoms with Gasteiger partial charge in [0, 0.05) is 28.4 Å². The maximum absolute atomic E-state index is 6.35. The molecule has 0 spiro atoms. The first-order chi connectivity index (χ1) is 13.1. The summed E-state index contributed by atoms with van der Waals surface area (Å²) in [5.74, 6) is 0.576. The summed E-state index contributed by atoms with van der Waals surface area (Å²) in [6, 6.07) is 18.9. The lowest BCUT2D eigenvalue weighted by atomic mass is 10.1. The van der Waals surface area contributed by atoms with Crippen LogP contribution in [0, 0.1) is 0 Å². The number of methoxy groups -OCH3 is 1. The Labute approximate surface area is 166 Å². The van der Waals surface area contributed by atoms with Crippen molar-refractivity contribution in [3.8, 4) is 17.1 Å². The molecule has 0 amide bonds. The average Bonchev–Trinajstić information content (AvgIpc) is 2.70. The highest BCUT2D eigenvalue weighted by Gasteiger charge is 2.12. The van der Waals surface area contributed by atoms with Crippen LogP contribution < -0.4 is 10.1 Å². The lowest BCUT2D eigenvalue weighted by Gasteiger charge is -2.14. The molecule has 0 aliphatic heterocycles. The molecule has 27 heavy (non-hydrogen) atoms. The van der Waals surface area contributed by atoms with E-state index in [1.807, 2.05) is 60.7 Å². The van der Waals surface area contributed by atoms with E-state index in [1.54, 1.807) is 13.3 Å². The van der Waals surface area contributed by atoms with Crippen LogP contribution >= 0.6 is 23.2 Å². The van der Waals surface area contributed by atoms with Gasteiger partial charge in [-0.15, -0.1) is 0 Å². The van der Waals surface area contributed by atoms with Gasteiger partial charge < -0.3 is 10.1 Å². The molecule has 0 aliphatic rings. The van der Waals surface area contributed by atoms with Crippen molar-refractivity contribution in [2.45, 2.75) is 0 Å². The van der Waals surface area contributed by atoms with Crippen LogP contribution in [0.2, 0.25) is 10.0 Å². The minimum atomic E-state index is 0.525. The predicted octanol–water partition coefficient (Wildman–Crippen LogP) is 6.36. The van der Waals surface area contributed by atoms with Gasteiger partial charge in [0.2, 0.25) is 0 Å². The number of pyridine rings is 2. The van der Waals surface area contributed by atoms with Crippen molar-refractivity contribution in [3.05, 3.63) is 76.9 Å². The highest BCUT2D eigenvalue weighted by molar-refractivity contribution is 6.33. The fraction of sp³-hybridized carbons (Fsp3) is 0.0476. The van der Waals surface area contributed by atoms with Gasteiger partial charge in [0.25, 0.3) is 0 Å². The number of anilines is 2. The summed E-state index contributed by atoms with van der Waals surface area (Å²) in [7, 11) is 1.59. The Kier molecular flexibility index (Phi) is 4.84. The molecule has 0 fully saturated rings. The van der Waals surface area contributed by atoms with Crippen molar-refractivity contribution in [1.82, 2.24) is 9.97 Å². The molecule has 2 heterocycles. The lowest BCUT2D eigenvalue weighted by Crippen LogP contribution is -1.97. The molecule has 6 heteroatoms. The third kappa shape index (κ3) is 3.68. The second-order valence-electron chi connectivity index (χ2n) is 5.91. The first-order valence-electron chi connectivity index (χ1n) is 8.26. The van der Waals surface area contributed by atoms with Crippen LogP contribution in [-0.2, 0) is 0 Å². The highest BCUT2D eigenvalue weighted by Crippen LogP contribution is 2.36. The van der Waals surface area contributed by atoms with Crippen LogP contribution in [0.3, 0.4) is 0 Å². The Balaban J connectivity index is 1.90. The predicted molar refractivity (Wildman–Crippen MR) is 111 cm³/mol. The third-order valence-corrected chi connectivity index (χ3v) is 4.68. The number of aromatic nitrogens is 2.